The molecule has 0 unspecified atom stereocenters. The van der Waals surface area contributed by atoms with Gasteiger partial charge in [0.05, 0.1) is 5.02 Å². The van der Waals surface area contributed by atoms with Crippen LogP contribution < -0.4 is 5.73 Å². The van der Waals surface area contributed by atoms with Crippen molar-refractivity contribution in [3.63, 3.8) is 0 Å². The summed E-state index contributed by atoms with van der Waals surface area (Å²) in [5, 5.41) is 1.24. The predicted octanol–water partition coefficient (Wildman–Crippen LogP) is 4.46. The van der Waals surface area contributed by atoms with Crippen molar-refractivity contribution >= 4 is 46.3 Å². The molecule has 2 aromatic carbocycles. The largest absolute Gasteiger partial charge is 0.398 e. The summed E-state index contributed by atoms with van der Waals surface area (Å²) < 4.78 is 0. The summed E-state index contributed by atoms with van der Waals surface area (Å²) in [7, 11) is 0. The van der Waals surface area contributed by atoms with Gasteiger partial charge in [-0.1, -0.05) is 34.8 Å². The van der Waals surface area contributed by atoms with Crippen LogP contribution in [0.2, 0.25) is 15.1 Å². The van der Waals surface area contributed by atoms with Crippen LogP contribution in [0.15, 0.2) is 36.4 Å². The Kier molecular flexibility index (Phi) is 3.81. The van der Waals surface area contributed by atoms with Crippen molar-refractivity contribution in [1.82, 2.24) is 0 Å². The summed E-state index contributed by atoms with van der Waals surface area (Å²) in [4.78, 5) is 12.3. The minimum Gasteiger partial charge on any atom is -0.398 e. The third kappa shape index (κ3) is 2.61. The summed E-state index contributed by atoms with van der Waals surface area (Å²) in [5.74, 6) is -0.258. The molecule has 0 fully saturated rings. The zero-order valence-corrected chi connectivity index (χ0v) is 11.4. The Balaban J connectivity index is 2.48. The van der Waals surface area contributed by atoms with E-state index in [9.17, 15) is 4.79 Å². The van der Waals surface area contributed by atoms with Crippen LogP contribution in [0.1, 0.15) is 15.9 Å². The maximum absolute atomic E-state index is 12.3. The highest BCUT2D eigenvalue weighted by molar-refractivity contribution is 6.37. The van der Waals surface area contributed by atoms with Crippen LogP contribution in [0.5, 0.6) is 0 Å². The topological polar surface area (TPSA) is 43.1 Å². The minimum atomic E-state index is -0.258. The molecular formula is C13H8Cl3NO. The highest BCUT2D eigenvalue weighted by Crippen LogP contribution is 2.26. The number of anilines is 1. The fourth-order valence-electron chi connectivity index (χ4n) is 1.56. The van der Waals surface area contributed by atoms with Gasteiger partial charge < -0.3 is 5.73 Å². The van der Waals surface area contributed by atoms with Gasteiger partial charge in [-0.25, -0.2) is 0 Å². The van der Waals surface area contributed by atoms with Gasteiger partial charge in [0, 0.05) is 26.9 Å². The highest BCUT2D eigenvalue weighted by atomic mass is 35.5. The first kappa shape index (κ1) is 13.2. The molecule has 0 aliphatic heterocycles. The first-order valence-electron chi connectivity index (χ1n) is 5.04. The van der Waals surface area contributed by atoms with Crippen LogP contribution >= 0.6 is 34.8 Å². The number of nitrogen functional groups attached to an aromatic ring is 1. The van der Waals surface area contributed by atoms with Gasteiger partial charge in [-0.2, -0.15) is 0 Å². The van der Waals surface area contributed by atoms with E-state index in [4.69, 9.17) is 40.5 Å². The Morgan fingerprint density at radius 3 is 2.00 bits per heavy atom. The molecule has 0 bridgehead atoms. The van der Waals surface area contributed by atoms with E-state index in [-0.39, 0.29) is 5.78 Å². The molecule has 0 aliphatic rings. The van der Waals surface area contributed by atoms with Crippen LogP contribution in [0.4, 0.5) is 5.69 Å². The molecule has 2 aromatic rings. The van der Waals surface area contributed by atoms with E-state index in [1.165, 1.54) is 12.1 Å². The molecule has 0 amide bonds. The Bertz CT molecular complexity index is 572. The van der Waals surface area contributed by atoms with E-state index >= 15 is 0 Å². The second-order valence-electron chi connectivity index (χ2n) is 3.68. The SMILES string of the molecule is Nc1cc(Cl)ccc1C(=O)c1ccc(Cl)cc1Cl. The molecule has 2 rings (SSSR count). The fourth-order valence-corrected chi connectivity index (χ4v) is 2.23. The molecule has 0 aliphatic carbocycles. The van der Waals surface area contributed by atoms with Gasteiger partial charge in [0.2, 0.25) is 0 Å². The first-order valence-corrected chi connectivity index (χ1v) is 6.17. The van der Waals surface area contributed by atoms with Crippen LogP contribution in [-0.4, -0.2) is 5.78 Å². The number of carbonyl (C=O) groups is 1. The molecule has 2 nitrogen and oxygen atoms in total. The smallest absolute Gasteiger partial charge is 0.196 e. The number of halogens is 3. The van der Waals surface area contributed by atoms with E-state index < -0.39 is 0 Å². The molecule has 0 spiro atoms. The zero-order valence-electron chi connectivity index (χ0n) is 9.08. The average molecular weight is 301 g/mol. The second-order valence-corrected chi connectivity index (χ2v) is 4.96. The average Bonchev–Trinajstić information content (AvgIpc) is 2.28. The van der Waals surface area contributed by atoms with Crippen LogP contribution in [0, 0.1) is 0 Å². The maximum atomic E-state index is 12.3. The fraction of sp³-hybridized carbons (Fsp3) is 0. The number of rotatable bonds is 2. The van der Waals surface area contributed by atoms with Crippen molar-refractivity contribution in [1.29, 1.82) is 0 Å². The summed E-state index contributed by atoms with van der Waals surface area (Å²) in [6.45, 7) is 0. The molecule has 0 aromatic heterocycles. The van der Waals surface area contributed by atoms with E-state index in [1.54, 1.807) is 24.3 Å². The summed E-state index contributed by atoms with van der Waals surface area (Å²) >= 11 is 17.6. The van der Waals surface area contributed by atoms with Crippen LogP contribution in [0.3, 0.4) is 0 Å². The van der Waals surface area contributed by atoms with Crippen LogP contribution in [-0.2, 0) is 0 Å². The number of nitrogens with two attached hydrogens (primary N) is 1. The Morgan fingerprint density at radius 2 is 1.44 bits per heavy atom. The van der Waals surface area contributed by atoms with Gasteiger partial charge in [-0.05, 0) is 36.4 Å². The molecule has 18 heavy (non-hydrogen) atoms. The Morgan fingerprint density at radius 1 is 0.889 bits per heavy atom. The second kappa shape index (κ2) is 5.19. The lowest BCUT2D eigenvalue weighted by Gasteiger charge is -2.07. The lowest BCUT2D eigenvalue weighted by atomic mass is 10.0. The Hall–Kier alpha value is -1.22. The van der Waals surface area contributed by atoms with E-state index in [0.29, 0.717) is 31.9 Å². The van der Waals surface area contributed by atoms with Gasteiger partial charge in [-0.15, -0.1) is 0 Å². The van der Waals surface area contributed by atoms with Crippen molar-refractivity contribution in [2.75, 3.05) is 5.73 Å². The molecule has 2 N–H and O–H groups in total. The minimum absolute atomic E-state index is 0.258. The molecule has 0 heterocycles. The number of hydrogen-bond acceptors (Lipinski definition) is 2. The predicted molar refractivity (Wildman–Crippen MR) is 75.8 cm³/mol. The van der Waals surface area contributed by atoms with Crippen molar-refractivity contribution < 1.29 is 4.79 Å². The van der Waals surface area contributed by atoms with E-state index in [1.807, 2.05) is 0 Å². The van der Waals surface area contributed by atoms with Gasteiger partial charge >= 0.3 is 0 Å². The number of carbonyl (C=O) groups excluding carboxylic acids is 1. The van der Waals surface area contributed by atoms with Gasteiger partial charge in [-0.3, -0.25) is 4.79 Å². The van der Waals surface area contributed by atoms with E-state index in [2.05, 4.69) is 0 Å². The van der Waals surface area contributed by atoms with Gasteiger partial charge in [0.15, 0.2) is 5.78 Å². The van der Waals surface area contributed by atoms with Crippen molar-refractivity contribution in [3.8, 4) is 0 Å². The van der Waals surface area contributed by atoms with Crippen molar-refractivity contribution in [3.05, 3.63) is 62.6 Å². The summed E-state index contributed by atoms with van der Waals surface area (Å²) in [5.41, 5.74) is 6.80. The third-order valence-electron chi connectivity index (χ3n) is 2.43. The lowest BCUT2D eigenvalue weighted by molar-refractivity contribution is 0.104. The molecule has 0 atom stereocenters. The maximum Gasteiger partial charge on any atom is 0.196 e. The molecule has 0 saturated carbocycles. The van der Waals surface area contributed by atoms with Crippen LogP contribution in [0.25, 0.3) is 0 Å². The molecule has 5 heteroatoms. The van der Waals surface area contributed by atoms with Gasteiger partial charge in [0.25, 0.3) is 0 Å². The van der Waals surface area contributed by atoms with E-state index in [0.717, 1.165) is 0 Å². The number of hydrogen-bond donors (Lipinski definition) is 1. The zero-order chi connectivity index (χ0) is 13.3. The molecule has 92 valence electrons. The molecular weight excluding hydrogens is 293 g/mol. The lowest BCUT2D eigenvalue weighted by Crippen LogP contribution is -2.05. The van der Waals surface area contributed by atoms with Gasteiger partial charge in [0.1, 0.15) is 0 Å². The highest BCUT2D eigenvalue weighted by Gasteiger charge is 2.15. The molecule has 0 saturated heterocycles. The standard InChI is InChI=1S/C13H8Cl3NO/c14-7-1-3-9(11(16)5-7)13(18)10-4-2-8(15)6-12(10)17/h1-6H,17H2. The molecule has 0 radical (unpaired) electrons. The van der Waals surface area contributed by atoms with Crippen molar-refractivity contribution in [2.45, 2.75) is 0 Å². The summed E-state index contributed by atoms with van der Waals surface area (Å²) in [6, 6.07) is 9.40. The first-order chi connectivity index (χ1) is 8.49. The normalized spacial score (nSPS) is 10.4. The monoisotopic (exact) mass is 299 g/mol. The number of ketones is 1. The van der Waals surface area contributed by atoms with Crippen molar-refractivity contribution in [2.24, 2.45) is 0 Å². The third-order valence-corrected chi connectivity index (χ3v) is 3.22. The number of benzene rings is 2. The quantitative estimate of drug-likeness (QED) is 0.657. The summed E-state index contributed by atoms with van der Waals surface area (Å²) in [6.07, 6.45) is 0. The Labute approximate surface area is 119 Å².